The Morgan fingerprint density at radius 2 is 0.760 bits per heavy atom. The lowest BCUT2D eigenvalue weighted by molar-refractivity contribution is -0.123. The van der Waals surface area contributed by atoms with Crippen molar-refractivity contribution in [3.05, 3.63) is 12.2 Å². The van der Waals surface area contributed by atoms with Gasteiger partial charge in [0, 0.05) is 6.42 Å². The highest BCUT2D eigenvalue weighted by atomic mass is 16.3. The van der Waals surface area contributed by atoms with E-state index >= 15 is 0 Å². The van der Waals surface area contributed by atoms with Gasteiger partial charge in [-0.3, -0.25) is 4.79 Å². The molecular weight excluding hydrogens is 615 g/mol. The van der Waals surface area contributed by atoms with E-state index < -0.39 is 12.1 Å². The summed E-state index contributed by atoms with van der Waals surface area (Å²) in [6, 6.07) is -0.533. The number of hydrogen-bond donors (Lipinski definition) is 3. The summed E-state index contributed by atoms with van der Waals surface area (Å²) in [6.45, 7) is 4.37. The number of hydrogen-bond acceptors (Lipinski definition) is 3. The molecule has 0 radical (unpaired) electrons. The Balaban J connectivity index is 3.48. The van der Waals surface area contributed by atoms with E-state index in [1.165, 1.54) is 205 Å². The van der Waals surface area contributed by atoms with Gasteiger partial charge in [-0.2, -0.15) is 0 Å². The molecule has 4 nitrogen and oxygen atoms in total. The molecule has 0 aromatic carbocycles. The predicted molar refractivity (Wildman–Crippen MR) is 221 cm³/mol. The van der Waals surface area contributed by atoms with Crippen molar-refractivity contribution in [1.29, 1.82) is 0 Å². The molecule has 0 spiro atoms. The Hall–Kier alpha value is -0.870. The van der Waals surface area contributed by atoms with Crippen molar-refractivity contribution < 1.29 is 15.0 Å². The maximum Gasteiger partial charge on any atom is 0.220 e. The van der Waals surface area contributed by atoms with Gasteiger partial charge < -0.3 is 15.5 Å². The van der Waals surface area contributed by atoms with Crippen molar-refractivity contribution in [2.75, 3.05) is 6.61 Å². The number of nitrogens with one attached hydrogen (secondary N) is 1. The van der Waals surface area contributed by atoms with E-state index in [-0.39, 0.29) is 12.5 Å². The predicted octanol–water partition coefficient (Wildman–Crippen LogP) is 14.2. The van der Waals surface area contributed by atoms with E-state index in [2.05, 4.69) is 31.3 Å². The Morgan fingerprint density at radius 1 is 0.460 bits per heavy atom. The van der Waals surface area contributed by atoms with Crippen molar-refractivity contribution in [2.24, 2.45) is 0 Å². The van der Waals surface area contributed by atoms with E-state index in [1.807, 2.05) is 0 Å². The number of amides is 1. The third kappa shape index (κ3) is 38.4. The van der Waals surface area contributed by atoms with Gasteiger partial charge in [0.15, 0.2) is 0 Å². The van der Waals surface area contributed by atoms with Crippen LogP contribution in [0.3, 0.4) is 0 Å². The van der Waals surface area contributed by atoms with Gasteiger partial charge in [0.2, 0.25) is 5.91 Å². The number of carbonyl (C=O) groups is 1. The lowest BCUT2D eigenvalue weighted by Gasteiger charge is -2.22. The van der Waals surface area contributed by atoms with Gasteiger partial charge in [-0.15, -0.1) is 0 Å². The molecule has 4 heteroatoms. The van der Waals surface area contributed by atoms with E-state index in [1.54, 1.807) is 0 Å². The van der Waals surface area contributed by atoms with Crippen LogP contribution in [0.5, 0.6) is 0 Å². The molecule has 0 aromatic heterocycles. The monoisotopic (exact) mass is 706 g/mol. The largest absolute Gasteiger partial charge is 0.394 e. The molecule has 0 heterocycles. The summed E-state index contributed by atoms with van der Waals surface area (Å²) in [4.78, 5) is 12.4. The van der Waals surface area contributed by atoms with Gasteiger partial charge in [-0.1, -0.05) is 225 Å². The second-order valence-electron chi connectivity index (χ2n) is 15.8. The fourth-order valence-electron chi connectivity index (χ4n) is 7.24. The van der Waals surface area contributed by atoms with Gasteiger partial charge >= 0.3 is 0 Å². The molecule has 50 heavy (non-hydrogen) atoms. The highest BCUT2D eigenvalue weighted by molar-refractivity contribution is 5.76. The molecule has 0 bridgehead atoms. The second-order valence-corrected chi connectivity index (χ2v) is 15.8. The Morgan fingerprint density at radius 3 is 1.10 bits per heavy atom. The summed E-state index contributed by atoms with van der Waals surface area (Å²) >= 11 is 0. The third-order valence-electron chi connectivity index (χ3n) is 10.8. The van der Waals surface area contributed by atoms with Gasteiger partial charge in [0.1, 0.15) is 0 Å². The molecule has 0 aliphatic rings. The summed E-state index contributed by atoms with van der Waals surface area (Å²) in [5, 5.41) is 23.2. The zero-order valence-corrected chi connectivity index (χ0v) is 34.2. The summed E-state index contributed by atoms with van der Waals surface area (Å²) in [6.07, 6.45) is 52.9. The van der Waals surface area contributed by atoms with Crippen LogP contribution in [0.25, 0.3) is 0 Å². The van der Waals surface area contributed by atoms with Crippen molar-refractivity contribution in [2.45, 2.75) is 270 Å². The van der Waals surface area contributed by atoms with Crippen LogP contribution in [0.2, 0.25) is 0 Å². The zero-order valence-electron chi connectivity index (χ0n) is 34.2. The van der Waals surface area contributed by atoms with Crippen molar-refractivity contribution in [1.82, 2.24) is 5.32 Å². The fourth-order valence-corrected chi connectivity index (χ4v) is 7.24. The molecule has 0 aromatic rings. The van der Waals surface area contributed by atoms with Gasteiger partial charge in [0.25, 0.3) is 0 Å². The number of allylic oxidation sites excluding steroid dienone is 2. The maximum atomic E-state index is 12.4. The SMILES string of the molecule is CCCCCCCC/C=C\CCCCCCCCCCCC(=O)NC(CO)C(O)CCCCCCCCCCCCCCCCCCCCC. The minimum Gasteiger partial charge on any atom is -0.394 e. The summed E-state index contributed by atoms with van der Waals surface area (Å²) in [5.74, 6) is -0.0303. The van der Waals surface area contributed by atoms with Crippen LogP contribution in [-0.2, 0) is 4.79 Å². The van der Waals surface area contributed by atoms with Gasteiger partial charge in [-0.05, 0) is 38.5 Å². The minimum atomic E-state index is -0.657. The number of aliphatic hydroxyl groups excluding tert-OH is 2. The minimum absolute atomic E-state index is 0.0303. The molecule has 0 fully saturated rings. The van der Waals surface area contributed by atoms with E-state index in [4.69, 9.17) is 0 Å². The van der Waals surface area contributed by atoms with E-state index in [0.29, 0.717) is 12.8 Å². The molecular formula is C46H91NO3. The van der Waals surface area contributed by atoms with Crippen LogP contribution >= 0.6 is 0 Å². The lowest BCUT2D eigenvalue weighted by Crippen LogP contribution is -2.45. The zero-order chi connectivity index (χ0) is 36.4. The van der Waals surface area contributed by atoms with E-state index in [0.717, 1.165) is 25.7 Å². The van der Waals surface area contributed by atoms with Gasteiger partial charge in [-0.25, -0.2) is 0 Å². The third-order valence-corrected chi connectivity index (χ3v) is 10.8. The van der Waals surface area contributed by atoms with Crippen LogP contribution in [0, 0.1) is 0 Å². The quantitative estimate of drug-likeness (QED) is 0.0437. The molecule has 0 aliphatic heterocycles. The topological polar surface area (TPSA) is 69.6 Å². The highest BCUT2D eigenvalue weighted by Gasteiger charge is 2.20. The second kappa shape index (κ2) is 42.5. The molecule has 0 saturated heterocycles. The highest BCUT2D eigenvalue weighted by Crippen LogP contribution is 2.16. The molecule has 3 N–H and O–H groups in total. The normalized spacial score (nSPS) is 13.0. The molecule has 1 amide bonds. The van der Waals surface area contributed by atoms with Crippen molar-refractivity contribution >= 4 is 5.91 Å². The summed E-state index contributed by atoms with van der Waals surface area (Å²) < 4.78 is 0. The fraction of sp³-hybridized carbons (Fsp3) is 0.935. The van der Waals surface area contributed by atoms with Gasteiger partial charge in [0.05, 0.1) is 18.8 Å². The summed E-state index contributed by atoms with van der Waals surface area (Å²) in [7, 11) is 0. The molecule has 2 atom stereocenters. The molecule has 0 rings (SSSR count). The Labute approximate surface area is 314 Å². The van der Waals surface area contributed by atoms with Crippen molar-refractivity contribution in [3.8, 4) is 0 Å². The summed E-state index contributed by atoms with van der Waals surface area (Å²) in [5.41, 5.74) is 0. The molecule has 298 valence electrons. The first-order valence-corrected chi connectivity index (χ1v) is 22.9. The molecule has 0 saturated carbocycles. The van der Waals surface area contributed by atoms with E-state index in [9.17, 15) is 15.0 Å². The van der Waals surface area contributed by atoms with Crippen LogP contribution < -0.4 is 5.32 Å². The van der Waals surface area contributed by atoms with Crippen LogP contribution in [-0.4, -0.2) is 34.9 Å². The number of carbonyl (C=O) groups excluding carboxylic acids is 1. The first-order valence-electron chi connectivity index (χ1n) is 22.9. The first kappa shape index (κ1) is 49.1. The smallest absolute Gasteiger partial charge is 0.220 e. The molecule has 0 aliphatic carbocycles. The maximum absolute atomic E-state index is 12.4. The van der Waals surface area contributed by atoms with Crippen LogP contribution in [0.15, 0.2) is 12.2 Å². The lowest BCUT2D eigenvalue weighted by atomic mass is 10.0. The Kier molecular flexibility index (Phi) is 41.8. The number of aliphatic hydroxyl groups is 2. The van der Waals surface area contributed by atoms with Crippen LogP contribution in [0.4, 0.5) is 0 Å². The standard InChI is InChI=1S/C46H91NO3/c1-3-5-7-9-11-13-15-17-19-21-23-25-27-29-31-33-35-37-39-41-45(49)44(43-48)47-46(50)42-40-38-36-34-32-30-28-26-24-22-20-18-16-14-12-10-8-6-4-2/h18,20,44-45,48-49H,3-17,19,21-43H2,1-2H3,(H,47,50)/b20-18-. The molecule has 2 unspecified atom stereocenters. The van der Waals surface area contributed by atoms with Crippen LogP contribution in [0.1, 0.15) is 258 Å². The number of unbranched alkanes of at least 4 members (excludes halogenated alkanes) is 33. The number of rotatable bonds is 42. The average molecular weight is 706 g/mol. The van der Waals surface area contributed by atoms with Crippen molar-refractivity contribution in [3.63, 3.8) is 0 Å². The Bertz CT molecular complexity index is 680. The average Bonchev–Trinajstić information content (AvgIpc) is 3.12. The first-order chi connectivity index (χ1) is 24.7.